The number of aryl methyl sites for hydroxylation is 2. The van der Waals surface area contributed by atoms with Crippen molar-refractivity contribution in [1.82, 2.24) is 14.8 Å². The molecule has 0 saturated carbocycles. The Bertz CT molecular complexity index is 323. The van der Waals surface area contributed by atoms with Crippen LogP contribution in [0, 0.1) is 13.8 Å². The molecule has 1 aromatic heterocycles. The first-order chi connectivity index (χ1) is 6.68. The van der Waals surface area contributed by atoms with Gasteiger partial charge in [-0.25, -0.2) is 9.67 Å². The molecule has 0 bridgehead atoms. The normalized spacial score (nSPS) is 27.9. The van der Waals surface area contributed by atoms with E-state index in [4.69, 9.17) is 10.5 Å². The molecule has 2 heterocycles. The molecule has 14 heavy (non-hydrogen) atoms. The first kappa shape index (κ1) is 9.61. The summed E-state index contributed by atoms with van der Waals surface area (Å²) >= 11 is 0. The van der Waals surface area contributed by atoms with Gasteiger partial charge in [-0.1, -0.05) is 0 Å². The molecule has 1 aromatic rings. The van der Waals surface area contributed by atoms with Crippen LogP contribution in [0.1, 0.15) is 24.1 Å². The lowest BCUT2D eigenvalue weighted by atomic mass is 10.1. The largest absolute Gasteiger partial charge is 0.379 e. The fraction of sp³-hybridized carbons (Fsp3) is 0.778. The maximum atomic E-state index is 6.02. The van der Waals surface area contributed by atoms with Crippen molar-refractivity contribution >= 4 is 0 Å². The molecule has 78 valence electrons. The summed E-state index contributed by atoms with van der Waals surface area (Å²) in [5.41, 5.74) is 6.02. The molecular weight excluding hydrogens is 180 g/mol. The number of nitrogens with two attached hydrogens (primary N) is 1. The fourth-order valence-corrected chi connectivity index (χ4v) is 1.84. The third kappa shape index (κ3) is 1.65. The number of aromatic nitrogens is 3. The molecule has 1 saturated heterocycles. The van der Waals surface area contributed by atoms with Gasteiger partial charge in [-0.15, -0.1) is 0 Å². The number of hydrogen-bond donors (Lipinski definition) is 1. The number of ether oxygens (including phenoxy) is 1. The van der Waals surface area contributed by atoms with E-state index >= 15 is 0 Å². The highest BCUT2D eigenvalue weighted by Gasteiger charge is 2.26. The van der Waals surface area contributed by atoms with Gasteiger partial charge in [0.15, 0.2) is 0 Å². The summed E-state index contributed by atoms with van der Waals surface area (Å²) in [6.45, 7) is 5.23. The minimum atomic E-state index is 0.128. The minimum Gasteiger partial charge on any atom is -0.379 e. The third-order valence-corrected chi connectivity index (χ3v) is 2.60. The van der Waals surface area contributed by atoms with E-state index < -0.39 is 0 Å². The van der Waals surface area contributed by atoms with Crippen LogP contribution in [-0.2, 0) is 4.74 Å². The van der Waals surface area contributed by atoms with Crippen LogP contribution in [0.15, 0.2) is 0 Å². The molecule has 1 aliphatic rings. The molecular formula is C9H16N4O. The van der Waals surface area contributed by atoms with Crippen molar-refractivity contribution in [2.24, 2.45) is 5.73 Å². The van der Waals surface area contributed by atoms with Gasteiger partial charge in [0.25, 0.3) is 0 Å². The van der Waals surface area contributed by atoms with E-state index in [2.05, 4.69) is 10.1 Å². The lowest BCUT2D eigenvalue weighted by Crippen LogP contribution is -2.41. The Morgan fingerprint density at radius 2 is 2.29 bits per heavy atom. The zero-order chi connectivity index (χ0) is 10.1. The fourth-order valence-electron chi connectivity index (χ4n) is 1.84. The van der Waals surface area contributed by atoms with Crippen molar-refractivity contribution in [2.75, 3.05) is 13.2 Å². The molecule has 0 amide bonds. The molecule has 0 spiro atoms. The van der Waals surface area contributed by atoms with Crippen molar-refractivity contribution in [2.45, 2.75) is 32.4 Å². The molecule has 2 N–H and O–H groups in total. The summed E-state index contributed by atoms with van der Waals surface area (Å²) in [6.07, 6.45) is 0.892. The van der Waals surface area contributed by atoms with Crippen LogP contribution in [0.4, 0.5) is 0 Å². The van der Waals surface area contributed by atoms with Crippen molar-refractivity contribution in [1.29, 1.82) is 0 Å². The van der Waals surface area contributed by atoms with Gasteiger partial charge in [-0.05, 0) is 20.3 Å². The van der Waals surface area contributed by atoms with E-state index in [1.165, 1.54) is 0 Å². The Morgan fingerprint density at radius 1 is 1.50 bits per heavy atom. The molecule has 1 aliphatic heterocycles. The second-order valence-electron chi connectivity index (χ2n) is 3.75. The van der Waals surface area contributed by atoms with Gasteiger partial charge in [0.05, 0.1) is 12.6 Å². The summed E-state index contributed by atoms with van der Waals surface area (Å²) in [5.74, 6) is 1.70. The predicted molar refractivity (Wildman–Crippen MR) is 51.9 cm³/mol. The van der Waals surface area contributed by atoms with Crippen LogP contribution in [0.2, 0.25) is 0 Å². The summed E-state index contributed by atoms with van der Waals surface area (Å²) in [7, 11) is 0. The van der Waals surface area contributed by atoms with E-state index in [9.17, 15) is 0 Å². The minimum absolute atomic E-state index is 0.128. The topological polar surface area (TPSA) is 66.0 Å². The maximum absolute atomic E-state index is 6.02. The van der Waals surface area contributed by atoms with Gasteiger partial charge >= 0.3 is 0 Å². The Balaban J connectivity index is 2.24. The molecule has 2 atom stereocenters. The SMILES string of the molecule is Cc1nc(C)n(C2COCCC2N)n1. The van der Waals surface area contributed by atoms with E-state index in [0.29, 0.717) is 6.61 Å². The quantitative estimate of drug-likeness (QED) is 0.696. The molecule has 5 nitrogen and oxygen atoms in total. The Morgan fingerprint density at radius 3 is 2.86 bits per heavy atom. The van der Waals surface area contributed by atoms with Crippen molar-refractivity contribution < 1.29 is 4.74 Å². The lowest BCUT2D eigenvalue weighted by Gasteiger charge is -2.29. The van der Waals surface area contributed by atoms with Crippen LogP contribution in [0.5, 0.6) is 0 Å². The monoisotopic (exact) mass is 196 g/mol. The van der Waals surface area contributed by atoms with Crippen molar-refractivity contribution in [3.63, 3.8) is 0 Å². The number of hydrogen-bond acceptors (Lipinski definition) is 4. The smallest absolute Gasteiger partial charge is 0.147 e. The second-order valence-corrected chi connectivity index (χ2v) is 3.75. The van der Waals surface area contributed by atoms with Crippen LogP contribution >= 0.6 is 0 Å². The average Bonchev–Trinajstić information content (AvgIpc) is 2.46. The van der Waals surface area contributed by atoms with Gasteiger partial charge in [-0.3, -0.25) is 0 Å². The molecule has 0 radical (unpaired) electrons. The van der Waals surface area contributed by atoms with E-state index in [-0.39, 0.29) is 12.1 Å². The van der Waals surface area contributed by atoms with Crippen LogP contribution in [0.3, 0.4) is 0 Å². The zero-order valence-electron chi connectivity index (χ0n) is 8.60. The van der Waals surface area contributed by atoms with E-state index in [1.807, 2.05) is 18.5 Å². The highest BCUT2D eigenvalue weighted by molar-refractivity contribution is 4.93. The third-order valence-electron chi connectivity index (χ3n) is 2.60. The van der Waals surface area contributed by atoms with Crippen LogP contribution in [-0.4, -0.2) is 34.0 Å². The van der Waals surface area contributed by atoms with Crippen molar-refractivity contribution in [3.8, 4) is 0 Å². The van der Waals surface area contributed by atoms with Crippen LogP contribution in [0.25, 0.3) is 0 Å². The van der Waals surface area contributed by atoms with E-state index in [1.54, 1.807) is 0 Å². The van der Waals surface area contributed by atoms with Crippen molar-refractivity contribution in [3.05, 3.63) is 11.6 Å². The first-order valence-electron chi connectivity index (χ1n) is 4.91. The predicted octanol–water partition coefficient (Wildman–Crippen LogP) is 0.184. The Labute approximate surface area is 83.3 Å². The number of rotatable bonds is 1. The van der Waals surface area contributed by atoms with E-state index in [0.717, 1.165) is 24.7 Å². The number of nitrogens with zero attached hydrogens (tertiary/aromatic N) is 3. The summed E-state index contributed by atoms with van der Waals surface area (Å²) in [5, 5.41) is 4.33. The molecule has 2 rings (SSSR count). The molecule has 0 aliphatic carbocycles. The van der Waals surface area contributed by atoms with Gasteiger partial charge in [0, 0.05) is 12.6 Å². The highest BCUT2D eigenvalue weighted by atomic mass is 16.5. The average molecular weight is 196 g/mol. The molecule has 0 aromatic carbocycles. The summed E-state index contributed by atoms with van der Waals surface area (Å²) in [6, 6.07) is 0.272. The highest BCUT2D eigenvalue weighted by Crippen LogP contribution is 2.18. The zero-order valence-corrected chi connectivity index (χ0v) is 8.60. The van der Waals surface area contributed by atoms with Gasteiger partial charge < -0.3 is 10.5 Å². The first-order valence-corrected chi connectivity index (χ1v) is 4.91. The Kier molecular flexibility index (Phi) is 2.52. The van der Waals surface area contributed by atoms with Gasteiger partial charge in [0.1, 0.15) is 11.6 Å². The molecule has 1 fully saturated rings. The standard InChI is InChI=1S/C9H16N4O/c1-6-11-7(2)13(12-6)9-5-14-4-3-8(9)10/h8-9H,3-5,10H2,1-2H3. The van der Waals surface area contributed by atoms with Crippen LogP contribution < -0.4 is 5.73 Å². The summed E-state index contributed by atoms with van der Waals surface area (Å²) < 4.78 is 7.29. The second kappa shape index (κ2) is 3.67. The Hall–Kier alpha value is -0.940. The molecule has 5 heteroatoms. The van der Waals surface area contributed by atoms with Gasteiger partial charge in [-0.2, -0.15) is 5.10 Å². The molecule has 2 unspecified atom stereocenters. The lowest BCUT2D eigenvalue weighted by molar-refractivity contribution is 0.0415. The maximum Gasteiger partial charge on any atom is 0.147 e. The summed E-state index contributed by atoms with van der Waals surface area (Å²) in [4.78, 5) is 4.26. The van der Waals surface area contributed by atoms with Gasteiger partial charge in [0.2, 0.25) is 0 Å².